The van der Waals surface area contributed by atoms with E-state index in [0.29, 0.717) is 26.1 Å². The van der Waals surface area contributed by atoms with Crippen LogP contribution in [-0.4, -0.2) is 48.6 Å². The van der Waals surface area contributed by atoms with E-state index in [1.165, 1.54) is 21.2 Å². The summed E-state index contributed by atoms with van der Waals surface area (Å²) < 4.78 is 0. The summed E-state index contributed by atoms with van der Waals surface area (Å²) in [5.41, 5.74) is 3.35. The minimum atomic E-state index is 0.198. The van der Waals surface area contributed by atoms with Crippen LogP contribution in [0.4, 0.5) is 17.1 Å². The molecule has 0 radical (unpaired) electrons. The largest absolute Gasteiger partial charge is 0.508 e. The molecule has 2 aliphatic rings. The molecule has 0 spiro atoms. The number of nitrogens with zero attached hydrogens (tertiary/aromatic N) is 3. The molecule has 1 amide bonds. The van der Waals surface area contributed by atoms with E-state index in [1.807, 2.05) is 17.0 Å². The molecule has 0 aliphatic carbocycles. The Bertz CT molecular complexity index is 1050. The zero-order valence-electron chi connectivity index (χ0n) is 17.3. The number of rotatable bonds is 4. The first-order valence-corrected chi connectivity index (χ1v) is 11.5. The molecule has 158 valence electrons. The normalized spacial score (nSPS) is 15.4. The number of piperazine rings is 1. The standard InChI is InChI=1S/C25H25N3O2S/c29-20-7-5-6-19(18-20)26-14-16-27(17-15-26)25(30)12-13-28-21-8-1-3-10-23(21)31-24-11-4-2-9-22(24)28/h1-11,18,29H,12-17H2. The monoisotopic (exact) mass is 431 g/mol. The second-order valence-corrected chi connectivity index (χ2v) is 8.91. The highest BCUT2D eigenvalue weighted by molar-refractivity contribution is 7.99. The van der Waals surface area contributed by atoms with Gasteiger partial charge < -0.3 is 19.8 Å². The predicted molar refractivity (Wildman–Crippen MR) is 126 cm³/mol. The van der Waals surface area contributed by atoms with Crippen molar-refractivity contribution in [2.75, 3.05) is 42.5 Å². The molecule has 5 nitrogen and oxygen atoms in total. The van der Waals surface area contributed by atoms with Crippen molar-refractivity contribution in [2.24, 2.45) is 0 Å². The van der Waals surface area contributed by atoms with Crippen molar-refractivity contribution in [3.05, 3.63) is 72.8 Å². The van der Waals surface area contributed by atoms with Gasteiger partial charge in [-0.2, -0.15) is 0 Å². The number of carbonyl (C=O) groups excluding carboxylic acids is 1. The van der Waals surface area contributed by atoms with Crippen molar-refractivity contribution in [2.45, 2.75) is 16.2 Å². The smallest absolute Gasteiger partial charge is 0.224 e. The lowest BCUT2D eigenvalue weighted by atomic mass is 10.2. The summed E-state index contributed by atoms with van der Waals surface area (Å²) in [6.45, 7) is 3.64. The summed E-state index contributed by atoms with van der Waals surface area (Å²) in [6.07, 6.45) is 0.486. The summed E-state index contributed by atoms with van der Waals surface area (Å²) >= 11 is 1.79. The molecule has 0 saturated carbocycles. The van der Waals surface area contributed by atoms with Gasteiger partial charge in [0.15, 0.2) is 0 Å². The second kappa shape index (κ2) is 8.55. The van der Waals surface area contributed by atoms with Crippen molar-refractivity contribution in [1.29, 1.82) is 0 Å². The van der Waals surface area contributed by atoms with Crippen LogP contribution in [0.25, 0.3) is 0 Å². The highest BCUT2D eigenvalue weighted by Crippen LogP contribution is 2.47. The number of para-hydroxylation sites is 2. The maximum absolute atomic E-state index is 13.0. The molecule has 0 aromatic heterocycles. The van der Waals surface area contributed by atoms with Gasteiger partial charge in [-0.1, -0.05) is 42.1 Å². The highest BCUT2D eigenvalue weighted by Gasteiger charge is 2.25. The van der Waals surface area contributed by atoms with Gasteiger partial charge in [-0.15, -0.1) is 0 Å². The topological polar surface area (TPSA) is 47.0 Å². The maximum atomic E-state index is 13.0. The van der Waals surface area contributed by atoms with Crippen LogP contribution in [0.3, 0.4) is 0 Å². The molecule has 31 heavy (non-hydrogen) atoms. The van der Waals surface area contributed by atoms with Gasteiger partial charge in [0.1, 0.15) is 5.75 Å². The minimum Gasteiger partial charge on any atom is -0.508 e. The third-order valence-electron chi connectivity index (χ3n) is 5.91. The highest BCUT2D eigenvalue weighted by atomic mass is 32.2. The number of phenolic OH excluding ortho intramolecular Hbond substituents is 1. The summed E-state index contributed by atoms with van der Waals surface area (Å²) in [4.78, 5) is 21.9. The summed E-state index contributed by atoms with van der Waals surface area (Å²) in [5.74, 6) is 0.472. The predicted octanol–water partition coefficient (Wildman–Crippen LogP) is 4.73. The SMILES string of the molecule is O=C(CCN1c2ccccc2Sc2ccccc21)N1CCN(c2cccc(O)c2)CC1. The van der Waals surface area contributed by atoms with Crippen molar-refractivity contribution >= 4 is 34.7 Å². The van der Waals surface area contributed by atoms with E-state index in [4.69, 9.17) is 0 Å². The Morgan fingerprint density at radius 2 is 1.48 bits per heavy atom. The van der Waals surface area contributed by atoms with Gasteiger partial charge in [0.2, 0.25) is 5.91 Å². The first kappa shape index (κ1) is 19.8. The van der Waals surface area contributed by atoms with Gasteiger partial charge in [-0.05, 0) is 36.4 Å². The number of anilines is 3. The molecule has 1 N–H and O–H groups in total. The van der Waals surface area contributed by atoms with Crippen LogP contribution < -0.4 is 9.80 Å². The summed E-state index contributed by atoms with van der Waals surface area (Å²) in [7, 11) is 0. The molecule has 0 atom stereocenters. The molecule has 5 rings (SSSR count). The number of hydrogen-bond acceptors (Lipinski definition) is 5. The lowest BCUT2D eigenvalue weighted by Gasteiger charge is -2.37. The van der Waals surface area contributed by atoms with Gasteiger partial charge in [0.25, 0.3) is 0 Å². The van der Waals surface area contributed by atoms with Crippen molar-refractivity contribution < 1.29 is 9.90 Å². The third kappa shape index (κ3) is 4.08. The van der Waals surface area contributed by atoms with Gasteiger partial charge >= 0.3 is 0 Å². The van der Waals surface area contributed by atoms with Crippen molar-refractivity contribution in [3.8, 4) is 5.75 Å². The minimum absolute atomic E-state index is 0.198. The molecule has 6 heteroatoms. The molecular weight excluding hydrogens is 406 g/mol. The molecule has 3 aromatic rings. The molecule has 0 unspecified atom stereocenters. The maximum Gasteiger partial charge on any atom is 0.224 e. The summed E-state index contributed by atoms with van der Waals surface area (Å²) in [6, 6.07) is 24.1. The fraction of sp³-hybridized carbons (Fsp3) is 0.240. The van der Waals surface area contributed by atoms with Gasteiger partial charge in [0.05, 0.1) is 11.4 Å². The van der Waals surface area contributed by atoms with Crippen molar-refractivity contribution in [3.63, 3.8) is 0 Å². The van der Waals surface area contributed by atoms with Gasteiger partial charge in [-0.3, -0.25) is 4.79 Å². The first-order chi connectivity index (χ1) is 15.2. The Labute approximate surface area is 186 Å². The molecule has 3 aromatic carbocycles. The number of amides is 1. The van der Waals surface area contributed by atoms with E-state index in [0.717, 1.165) is 18.8 Å². The Morgan fingerprint density at radius 3 is 2.13 bits per heavy atom. The zero-order valence-corrected chi connectivity index (χ0v) is 18.1. The first-order valence-electron chi connectivity index (χ1n) is 10.6. The van der Waals surface area contributed by atoms with Gasteiger partial charge in [0, 0.05) is 60.7 Å². The van der Waals surface area contributed by atoms with Crippen LogP contribution in [-0.2, 0) is 4.79 Å². The van der Waals surface area contributed by atoms with E-state index in [2.05, 4.69) is 58.3 Å². The quantitative estimate of drug-likeness (QED) is 0.647. The number of benzene rings is 3. The second-order valence-electron chi connectivity index (χ2n) is 7.83. The van der Waals surface area contributed by atoms with Crippen molar-refractivity contribution in [1.82, 2.24) is 4.90 Å². The molecule has 1 saturated heterocycles. The molecule has 1 fully saturated rings. The fourth-order valence-corrected chi connectivity index (χ4v) is 5.39. The van der Waals surface area contributed by atoms with Gasteiger partial charge in [-0.25, -0.2) is 0 Å². The van der Waals surface area contributed by atoms with E-state index < -0.39 is 0 Å². The number of carbonyl (C=O) groups is 1. The van der Waals surface area contributed by atoms with Crippen LogP contribution in [0.15, 0.2) is 82.6 Å². The van der Waals surface area contributed by atoms with Crippen LogP contribution in [0.2, 0.25) is 0 Å². The molecule has 2 aliphatic heterocycles. The fourth-order valence-electron chi connectivity index (χ4n) is 4.29. The number of fused-ring (bicyclic) bond motifs is 2. The average Bonchev–Trinajstić information content (AvgIpc) is 2.81. The van der Waals surface area contributed by atoms with Crippen LogP contribution in [0.5, 0.6) is 5.75 Å². The van der Waals surface area contributed by atoms with E-state index in [9.17, 15) is 9.90 Å². The Balaban J connectivity index is 1.24. The molecule has 2 heterocycles. The Hall–Kier alpha value is -3.12. The molecule has 0 bridgehead atoms. The number of phenols is 1. The third-order valence-corrected chi connectivity index (χ3v) is 7.04. The Morgan fingerprint density at radius 1 is 0.839 bits per heavy atom. The van der Waals surface area contributed by atoms with Crippen LogP contribution in [0, 0.1) is 0 Å². The van der Waals surface area contributed by atoms with Crippen LogP contribution >= 0.6 is 11.8 Å². The number of aromatic hydroxyl groups is 1. The Kier molecular flexibility index (Phi) is 5.47. The average molecular weight is 432 g/mol. The number of hydrogen-bond donors (Lipinski definition) is 1. The lowest BCUT2D eigenvalue weighted by Crippen LogP contribution is -2.49. The van der Waals surface area contributed by atoms with E-state index in [1.54, 1.807) is 23.9 Å². The molecular formula is C25H25N3O2S. The van der Waals surface area contributed by atoms with Crippen LogP contribution in [0.1, 0.15) is 6.42 Å². The van der Waals surface area contributed by atoms with E-state index in [-0.39, 0.29) is 11.7 Å². The lowest BCUT2D eigenvalue weighted by molar-refractivity contribution is -0.131. The zero-order chi connectivity index (χ0) is 21.2. The summed E-state index contributed by atoms with van der Waals surface area (Å²) in [5, 5.41) is 9.72. The van der Waals surface area contributed by atoms with E-state index >= 15 is 0 Å².